The number of hydrogen-bond acceptors (Lipinski definition) is 6. The Hall–Kier alpha value is -2.67. The molecule has 0 saturated heterocycles. The van der Waals surface area contributed by atoms with Crippen LogP contribution in [0.4, 0.5) is 17.3 Å². The lowest BCUT2D eigenvalue weighted by molar-refractivity contribution is -0.115. The van der Waals surface area contributed by atoms with Gasteiger partial charge < -0.3 is 15.2 Å². The third kappa shape index (κ3) is 3.70. The third-order valence-electron chi connectivity index (χ3n) is 2.85. The van der Waals surface area contributed by atoms with E-state index in [4.69, 9.17) is 4.52 Å². The van der Waals surface area contributed by atoms with E-state index in [-0.39, 0.29) is 5.91 Å². The smallest absolute Gasteiger partial charge is 0.229 e. The second kappa shape index (κ2) is 6.40. The molecule has 0 aliphatic heterocycles. The maximum Gasteiger partial charge on any atom is 0.229 e. The molecule has 7 heteroatoms. The summed E-state index contributed by atoms with van der Waals surface area (Å²) in [6.45, 7) is 1.82. The largest absolute Gasteiger partial charge is 0.360 e. The summed E-state index contributed by atoms with van der Waals surface area (Å²) in [7, 11) is 0. The quantitative estimate of drug-likeness (QED) is 0.755. The fourth-order valence-corrected chi connectivity index (χ4v) is 2.58. The van der Waals surface area contributed by atoms with Gasteiger partial charge in [-0.1, -0.05) is 11.2 Å². The first kappa shape index (κ1) is 14.3. The number of carbonyl (C=O) groups excluding carboxylic acids is 1. The normalized spacial score (nSPS) is 10.4. The van der Waals surface area contributed by atoms with E-state index < -0.39 is 0 Å². The highest BCUT2D eigenvalue weighted by atomic mass is 32.1. The van der Waals surface area contributed by atoms with Crippen LogP contribution in [0.3, 0.4) is 0 Å². The molecule has 0 aliphatic rings. The summed E-state index contributed by atoms with van der Waals surface area (Å²) >= 11 is 1.57. The lowest BCUT2D eigenvalue weighted by Crippen LogP contribution is -2.13. The fraction of sp³-hybridized carbons (Fsp3) is 0.133. The minimum atomic E-state index is -0.0583. The molecule has 0 radical (unpaired) electrons. The fourth-order valence-electron chi connectivity index (χ4n) is 1.87. The highest BCUT2D eigenvalue weighted by Gasteiger charge is 2.06. The van der Waals surface area contributed by atoms with Gasteiger partial charge in [0.1, 0.15) is 11.6 Å². The maximum atomic E-state index is 11.9. The molecule has 0 aromatic carbocycles. The summed E-state index contributed by atoms with van der Waals surface area (Å²) < 4.78 is 4.97. The molecule has 0 bridgehead atoms. The van der Waals surface area contributed by atoms with E-state index >= 15 is 0 Å². The number of nitrogens with one attached hydrogen (secondary N) is 2. The van der Waals surface area contributed by atoms with Crippen LogP contribution in [0.15, 0.2) is 46.4 Å². The Kier molecular flexibility index (Phi) is 4.15. The minimum absolute atomic E-state index is 0.0583. The number of aryl methyl sites for hydroxylation is 1. The van der Waals surface area contributed by atoms with E-state index in [1.165, 1.54) is 0 Å². The molecule has 22 heavy (non-hydrogen) atoms. The van der Waals surface area contributed by atoms with Crippen molar-refractivity contribution in [2.45, 2.75) is 13.3 Å². The third-order valence-corrected chi connectivity index (χ3v) is 3.72. The van der Waals surface area contributed by atoms with Crippen molar-refractivity contribution in [1.82, 2.24) is 10.1 Å². The highest BCUT2D eigenvalue weighted by molar-refractivity contribution is 7.10. The van der Waals surface area contributed by atoms with E-state index in [9.17, 15) is 4.79 Å². The number of nitrogens with zero attached hydrogens (tertiary/aromatic N) is 2. The Bertz CT molecular complexity index is 750. The Morgan fingerprint density at radius 2 is 2.23 bits per heavy atom. The Labute approximate surface area is 131 Å². The van der Waals surface area contributed by atoms with E-state index in [1.807, 2.05) is 24.4 Å². The molecule has 6 nitrogen and oxygen atoms in total. The predicted octanol–water partition coefficient (Wildman–Crippen LogP) is 3.36. The van der Waals surface area contributed by atoms with Crippen LogP contribution in [0.25, 0.3) is 0 Å². The molecule has 1 amide bonds. The number of pyridine rings is 1. The zero-order valence-electron chi connectivity index (χ0n) is 11.9. The highest BCUT2D eigenvalue weighted by Crippen LogP contribution is 2.16. The number of carbonyl (C=O) groups is 1. The van der Waals surface area contributed by atoms with Crippen molar-refractivity contribution in [3.05, 3.63) is 52.5 Å². The molecule has 0 saturated carbocycles. The van der Waals surface area contributed by atoms with Crippen LogP contribution in [0, 0.1) is 6.92 Å². The molecule has 3 rings (SSSR count). The van der Waals surface area contributed by atoms with Gasteiger partial charge in [0.2, 0.25) is 5.91 Å². The topological polar surface area (TPSA) is 80.0 Å². The second-order valence-corrected chi connectivity index (χ2v) is 5.72. The first-order chi connectivity index (χ1) is 10.7. The van der Waals surface area contributed by atoms with Crippen LogP contribution >= 0.6 is 11.3 Å². The average Bonchev–Trinajstić information content (AvgIpc) is 3.13. The van der Waals surface area contributed by atoms with E-state index in [1.54, 1.807) is 35.7 Å². The number of thiophene rings is 1. The molecular weight excluding hydrogens is 300 g/mol. The van der Waals surface area contributed by atoms with Gasteiger partial charge in [-0.2, -0.15) is 0 Å². The first-order valence-electron chi connectivity index (χ1n) is 6.68. The lowest BCUT2D eigenvalue weighted by atomic mass is 10.3. The summed E-state index contributed by atoms with van der Waals surface area (Å²) in [6.07, 6.45) is 1.97. The van der Waals surface area contributed by atoms with Crippen LogP contribution < -0.4 is 10.6 Å². The number of rotatable bonds is 5. The molecule has 3 heterocycles. The molecule has 2 N–H and O–H groups in total. The Morgan fingerprint density at radius 1 is 1.32 bits per heavy atom. The van der Waals surface area contributed by atoms with Crippen LogP contribution in [-0.4, -0.2) is 16.0 Å². The zero-order valence-corrected chi connectivity index (χ0v) is 12.7. The van der Waals surface area contributed by atoms with Crippen LogP contribution in [-0.2, 0) is 11.2 Å². The van der Waals surface area contributed by atoms with Gasteiger partial charge in [0.05, 0.1) is 18.3 Å². The zero-order chi connectivity index (χ0) is 15.4. The molecule has 3 aromatic rings. The molecule has 0 aliphatic carbocycles. The van der Waals surface area contributed by atoms with Gasteiger partial charge in [-0.25, -0.2) is 4.98 Å². The van der Waals surface area contributed by atoms with Gasteiger partial charge in [-0.05, 0) is 30.5 Å². The Balaban J connectivity index is 1.58. The molecule has 112 valence electrons. The standard InChI is InChI=1S/C15H14N4O2S/c1-10-7-14(19-21-10)18-13-5-4-11(9-16-13)17-15(20)8-12-3-2-6-22-12/h2-7,9H,8H2,1H3,(H,17,20)(H,16,18,19). The minimum Gasteiger partial charge on any atom is -0.360 e. The predicted molar refractivity (Wildman–Crippen MR) is 85.4 cm³/mol. The van der Waals surface area contributed by atoms with E-state index in [0.29, 0.717) is 23.7 Å². The first-order valence-corrected chi connectivity index (χ1v) is 7.55. The Morgan fingerprint density at radius 3 is 2.86 bits per heavy atom. The van der Waals surface area contributed by atoms with E-state index in [0.717, 1.165) is 10.6 Å². The van der Waals surface area contributed by atoms with Crippen molar-refractivity contribution < 1.29 is 9.32 Å². The van der Waals surface area contributed by atoms with Gasteiger partial charge in [0, 0.05) is 10.9 Å². The summed E-state index contributed by atoms with van der Waals surface area (Å²) in [6, 6.07) is 9.20. The lowest BCUT2D eigenvalue weighted by Gasteiger charge is -2.05. The monoisotopic (exact) mass is 314 g/mol. The SMILES string of the molecule is Cc1cc(Nc2ccc(NC(=O)Cc3cccs3)cn2)no1. The maximum absolute atomic E-state index is 11.9. The summed E-state index contributed by atoms with van der Waals surface area (Å²) in [5.41, 5.74) is 0.656. The average molecular weight is 314 g/mol. The molecule has 0 atom stereocenters. The summed E-state index contributed by atoms with van der Waals surface area (Å²) in [5, 5.41) is 11.6. The van der Waals surface area contributed by atoms with Gasteiger partial charge in [0.25, 0.3) is 0 Å². The van der Waals surface area contributed by atoms with Gasteiger partial charge >= 0.3 is 0 Å². The molecule has 0 fully saturated rings. The van der Waals surface area contributed by atoms with Crippen LogP contribution in [0.2, 0.25) is 0 Å². The summed E-state index contributed by atoms with van der Waals surface area (Å²) in [4.78, 5) is 17.1. The van der Waals surface area contributed by atoms with Crippen molar-refractivity contribution in [3.8, 4) is 0 Å². The summed E-state index contributed by atoms with van der Waals surface area (Å²) in [5.74, 6) is 1.89. The molecular formula is C15H14N4O2S. The number of anilines is 3. The van der Waals surface area contributed by atoms with Crippen molar-refractivity contribution in [2.24, 2.45) is 0 Å². The van der Waals surface area contributed by atoms with Crippen LogP contribution in [0.5, 0.6) is 0 Å². The van der Waals surface area contributed by atoms with Crippen molar-refractivity contribution in [3.63, 3.8) is 0 Å². The second-order valence-electron chi connectivity index (χ2n) is 4.68. The number of aromatic nitrogens is 2. The van der Waals surface area contributed by atoms with Crippen molar-refractivity contribution in [2.75, 3.05) is 10.6 Å². The van der Waals surface area contributed by atoms with Crippen LogP contribution in [0.1, 0.15) is 10.6 Å². The van der Waals surface area contributed by atoms with Gasteiger partial charge in [-0.3, -0.25) is 4.79 Å². The van der Waals surface area contributed by atoms with Gasteiger partial charge in [-0.15, -0.1) is 11.3 Å². The van der Waals surface area contributed by atoms with Gasteiger partial charge in [0.15, 0.2) is 5.82 Å². The molecule has 3 aromatic heterocycles. The number of amides is 1. The molecule has 0 unspecified atom stereocenters. The van der Waals surface area contributed by atoms with E-state index in [2.05, 4.69) is 20.8 Å². The number of hydrogen-bond donors (Lipinski definition) is 2. The molecule has 0 spiro atoms. The van der Waals surface area contributed by atoms with Crippen molar-refractivity contribution >= 4 is 34.6 Å². The van der Waals surface area contributed by atoms with Crippen molar-refractivity contribution in [1.29, 1.82) is 0 Å².